The average molecular weight is 370 g/mol. The number of pyridine rings is 3. The van der Waals surface area contributed by atoms with Crippen molar-refractivity contribution in [3.8, 4) is 22.6 Å². The second-order valence-electron chi connectivity index (χ2n) is 3.83. The minimum Gasteiger partial charge on any atom is -1.00 e. The van der Waals surface area contributed by atoms with Gasteiger partial charge >= 0.3 is 19.5 Å². The van der Waals surface area contributed by atoms with Crippen LogP contribution in [0.3, 0.4) is 0 Å². The van der Waals surface area contributed by atoms with E-state index in [1.54, 1.807) is 18.6 Å². The summed E-state index contributed by atoms with van der Waals surface area (Å²) in [7, 11) is 0. The molecule has 0 N–H and O–H groups in total. The van der Waals surface area contributed by atoms with E-state index in [9.17, 15) is 0 Å². The molecule has 0 unspecified atom stereocenters. The van der Waals surface area contributed by atoms with E-state index in [2.05, 4.69) is 15.0 Å². The van der Waals surface area contributed by atoms with E-state index < -0.39 is 0 Å². The second kappa shape index (κ2) is 9.56. The Hall–Kier alpha value is -1.35. The summed E-state index contributed by atoms with van der Waals surface area (Å²) >= 11 is 0. The first kappa shape index (κ1) is 19.7. The molecule has 0 aliphatic rings. The monoisotopic (exact) mass is 367 g/mol. The van der Waals surface area contributed by atoms with Crippen LogP contribution < -0.4 is 24.8 Å². The van der Waals surface area contributed by atoms with E-state index in [4.69, 9.17) is 0 Å². The Balaban J connectivity index is 0.00000133. The van der Waals surface area contributed by atoms with Crippen molar-refractivity contribution < 1.29 is 44.3 Å². The maximum absolute atomic E-state index is 4.42. The van der Waals surface area contributed by atoms with Crippen molar-refractivity contribution >= 4 is 0 Å². The summed E-state index contributed by atoms with van der Waals surface area (Å²) < 4.78 is 0. The molecule has 0 saturated heterocycles. The molecule has 0 spiro atoms. The molecule has 0 amide bonds. The number of hydrogen-bond acceptors (Lipinski definition) is 3. The summed E-state index contributed by atoms with van der Waals surface area (Å²) in [4.78, 5) is 13.1. The smallest absolute Gasteiger partial charge is 1.00 e. The van der Waals surface area contributed by atoms with Crippen LogP contribution in [0.4, 0.5) is 0 Å². The largest absolute Gasteiger partial charge is 2.00 e. The zero-order valence-electron chi connectivity index (χ0n) is 11.2. The van der Waals surface area contributed by atoms with Gasteiger partial charge in [0.05, 0.1) is 17.1 Å². The third kappa shape index (κ3) is 4.57. The van der Waals surface area contributed by atoms with Crippen LogP contribution in [-0.2, 0) is 19.5 Å². The summed E-state index contributed by atoms with van der Waals surface area (Å²) in [5, 5.41) is 0. The standard InChI is InChI=1S/C15H11N3.2ClH.Zn/c1-3-9-16-13(7-1)12-6-5-11-18-15(12)14-8-2-4-10-17-14;;;/h1-11H;2*1H;/q;;;+2/p-2. The molecule has 0 fully saturated rings. The topological polar surface area (TPSA) is 38.7 Å². The van der Waals surface area contributed by atoms with E-state index in [1.165, 1.54) is 0 Å². The van der Waals surface area contributed by atoms with Crippen molar-refractivity contribution in [3.05, 3.63) is 67.1 Å². The Bertz CT molecular complexity index is 593. The second-order valence-corrected chi connectivity index (χ2v) is 3.83. The Kier molecular flexibility index (Phi) is 8.95. The van der Waals surface area contributed by atoms with Gasteiger partial charge in [0.25, 0.3) is 0 Å². The van der Waals surface area contributed by atoms with Crippen LogP contribution in [0, 0.1) is 0 Å². The molecular formula is C15H11Cl2N3Zn. The quantitative estimate of drug-likeness (QED) is 0.459. The van der Waals surface area contributed by atoms with Crippen molar-refractivity contribution in [2.24, 2.45) is 0 Å². The first-order valence-corrected chi connectivity index (χ1v) is 5.73. The maximum Gasteiger partial charge on any atom is 2.00 e. The summed E-state index contributed by atoms with van der Waals surface area (Å²) in [5.41, 5.74) is 3.62. The average Bonchev–Trinajstić information content (AvgIpc) is 2.49. The molecule has 0 radical (unpaired) electrons. The number of hydrogen-bond donors (Lipinski definition) is 0. The fourth-order valence-electron chi connectivity index (χ4n) is 1.84. The third-order valence-corrected chi connectivity index (χ3v) is 2.66. The van der Waals surface area contributed by atoms with Gasteiger partial charge in [0.1, 0.15) is 0 Å². The third-order valence-electron chi connectivity index (χ3n) is 2.66. The number of aromatic nitrogens is 3. The predicted molar refractivity (Wildman–Crippen MR) is 70.7 cm³/mol. The fourth-order valence-corrected chi connectivity index (χ4v) is 1.84. The van der Waals surface area contributed by atoms with Gasteiger partial charge in [-0.3, -0.25) is 15.0 Å². The van der Waals surface area contributed by atoms with Gasteiger partial charge in [-0.25, -0.2) is 0 Å². The van der Waals surface area contributed by atoms with Crippen LogP contribution in [0.5, 0.6) is 0 Å². The molecule has 3 aromatic rings. The molecule has 3 aromatic heterocycles. The van der Waals surface area contributed by atoms with E-state index in [0.29, 0.717) is 0 Å². The van der Waals surface area contributed by atoms with Crippen molar-refractivity contribution in [2.45, 2.75) is 0 Å². The van der Waals surface area contributed by atoms with E-state index in [1.807, 2.05) is 48.5 Å². The molecule has 6 heteroatoms. The minimum atomic E-state index is 0. The SMILES string of the molecule is [Cl-].[Cl-].[Zn+2].c1ccc(-c2cccnc2-c2ccccn2)nc1. The first-order chi connectivity index (χ1) is 8.95. The van der Waals surface area contributed by atoms with Gasteiger partial charge in [0, 0.05) is 24.2 Å². The van der Waals surface area contributed by atoms with Gasteiger partial charge in [-0.2, -0.15) is 0 Å². The van der Waals surface area contributed by atoms with Gasteiger partial charge < -0.3 is 24.8 Å². The van der Waals surface area contributed by atoms with Gasteiger partial charge in [-0.1, -0.05) is 12.1 Å². The van der Waals surface area contributed by atoms with E-state index in [0.717, 1.165) is 22.6 Å². The number of halogens is 2. The predicted octanol–water partition coefficient (Wildman–Crippen LogP) is -2.79. The molecular weight excluding hydrogens is 358 g/mol. The molecule has 0 saturated carbocycles. The number of rotatable bonds is 2. The molecule has 21 heavy (non-hydrogen) atoms. The molecule has 0 bridgehead atoms. The molecule has 0 aliphatic heterocycles. The van der Waals surface area contributed by atoms with E-state index >= 15 is 0 Å². The Morgan fingerprint density at radius 1 is 0.571 bits per heavy atom. The summed E-state index contributed by atoms with van der Waals surface area (Å²) in [6.07, 6.45) is 5.33. The molecule has 102 valence electrons. The van der Waals surface area contributed by atoms with Crippen LogP contribution in [0.15, 0.2) is 67.1 Å². The zero-order valence-corrected chi connectivity index (χ0v) is 15.6. The molecule has 3 heterocycles. The summed E-state index contributed by atoms with van der Waals surface area (Å²) in [6, 6.07) is 15.6. The van der Waals surface area contributed by atoms with Crippen molar-refractivity contribution in [2.75, 3.05) is 0 Å². The summed E-state index contributed by atoms with van der Waals surface area (Å²) in [6.45, 7) is 0. The van der Waals surface area contributed by atoms with Crippen LogP contribution in [0.1, 0.15) is 0 Å². The molecule has 3 nitrogen and oxygen atoms in total. The van der Waals surface area contributed by atoms with Gasteiger partial charge in [0.2, 0.25) is 0 Å². The van der Waals surface area contributed by atoms with Crippen LogP contribution in [-0.4, -0.2) is 15.0 Å². The van der Waals surface area contributed by atoms with Crippen LogP contribution >= 0.6 is 0 Å². The molecule has 0 aliphatic carbocycles. The first-order valence-electron chi connectivity index (χ1n) is 5.73. The van der Waals surface area contributed by atoms with Crippen molar-refractivity contribution in [1.82, 2.24) is 15.0 Å². The van der Waals surface area contributed by atoms with Crippen LogP contribution in [0.25, 0.3) is 22.6 Å². The molecule has 0 atom stereocenters. The Morgan fingerprint density at radius 3 is 1.71 bits per heavy atom. The molecule has 0 aromatic carbocycles. The Labute approximate surface area is 148 Å². The minimum absolute atomic E-state index is 0. The Morgan fingerprint density at radius 2 is 1.14 bits per heavy atom. The zero-order chi connectivity index (χ0) is 12.2. The molecule has 3 rings (SSSR count). The van der Waals surface area contributed by atoms with Gasteiger partial charge in [-0.05, 0) is 36.4 Å². The normalized spacial score (nSPS) is 8.76. The van der Waals surface area contributed by atoms with Gasteiger partial charge in [-0.15, -0.1) is 0 Å². The van der Waals surface area contributed by atoms with Crippen molar-refractivity contribution in [3.63, 3.8) is 0 Å². The summed E-state index contributed by atoms with van der Waals surface area (Å²) in [5.74, 6) is 0. The van der Waals surface area contributed by atoms with Crippen molar-refractivity contribution in [1.29, 1.82) is 0 Å². The van der Waals surface area contributed by atoms with Crippen LogP contribution in [0.2, 0.25) is 0 Å². The number of nitrogens with zero attached hydrogens (tertiary/aromatic N) is 3. The van der Waals surface area contributed by atoms with Gasteiger partial charge in [0.15, 0.2) is 0 Å². The van der Waals surface area contributed by atoms with E-state index in [-0.39, 0.29) is 44.3 Å². The maximum atomic E-state index is 4.42. The fraction of sp³-hybridized carbons (Fsp3) is 0.